The van der Waals surface area contributed by atoms with Crippen LogP contribution in [0.4, 0.5) is 0 Å². The van der Waals surface area contributed by atoms with Crippen molar-refractivity contribution in [2.75, 3.05) is 7.05 Å². The first-order valence-corrected chi connectivity index (χ1v) is 7.19. The number of nitrogen functional groups attached to an aromatic ring is 1. The number of amides is 1. The van der Waals surface area contributed by atoms with Crippen molar-refractivity contribution in [2.45, 2.75) is 19.5 Å². The highest BCUT2D eigenvalue weighted by molar-refractivity contribution is 7.10. The van der Waals surface area contributed by atoms with Crippen LogP contribution in [-0.4, -0.2) is 22.8 Å². The highest BCUT2D eigenvalue weighted by Gasteiger charge is 2.13. The number of nitrogens with zero attached hydrogens (tertiary/aromatic N) is 2. The topological polar surface area (TPSA) is 71.2 Å². The van der Waals surface area contributed by atoms with Gasteiger partial charge in [0.15, 0.2) is 0 Å². The van der Waals surface area contributed by atoms with E-state index < -0.39 is 0 Å². The van der Waals surface area contributed by atoms with Crippen LogP contribution in [0.5, 0.6) is 0 Å². The van der Waals surface area contributed by atoms with Crippen molar-refractivity contribution < 1.29 is 4.79 Å². The van der Waals surface area contributed by atoms with E-state index in [2.05, 4.69) is 46.8 Å². The third-order valence-corrected chi connectivity index (χ3v) is 4.29. The Bertz CT molecular complexity index is 553. The molecule has 0 saturated carbocycles. The fraction of sp³-hybridized carbons (Fsp3) is 0.286. The molecular weight excluding hydrogens is 272 g/mol. The number of nitrogens with two attached hydrogens (primary N) is 1. The summed E-state index contributed by atoms with van der Waals surface area (Å²) in [5.41, 5.74) is 3.47. The Balaban J connectivity index is 2.01. The van der Waals surface area contributed by atoms with Crippen molar-refractivity contribution in [3.63, 3.8) is 0 Å². The predicted octanol–water partition coefficient (Wildman–Crippen LogP) is 1.94. The van der Waals surface area contributed by atoms with Gasteiger partial charge in [-0.05, 0) is 37.6 Å². The molecule has 2 rings (SSSR count). The number of rotatable bonds is 5. The molecule has 0 aliphatic heterocycles. The lowest BCUT2D eigenvalue weighted by Gasteiger charge is -2.23. The van der Waals surface area contributed by atoms with Crippen molar-refractivity contribution >= 4 is 17.2 Å². The van der Waals surface area contributed by atoms with Gasteiger partial charge in [0.25, 0.3) is 5.91 Å². The Hall–Kier alpha value is -1.76. The number of hydrazine groups is 1. The third kappa shape index (κ3) is 3.41. The van der Waals surface area contributed by atoms with E-state index in [4.69, 9.17) is 5.84 Å². The van der Waals surface area contributed by atoms with E-state index in [0.29, 0.717) is 11.6 Å². The standard InChI is InChI=1S/C14H18N4OS/c1-10(13-4-3-7-20-13)18(2)9-12-6-5-11(8-16-12)14(19)17-15/h3-8,10H,9,15H2,1-2H3,(H,17,19). The first-order chi connectivity index (χ1) is 9.61. The lowest BCUT2D eigenvalue weighted by atomic mass is 10.2. The summed E-state index contributed by atoms with van der Waals surface area (Å²) in [6.07, 6.45) is 1.54. The van der Waals surface area contributed by atoms with Crippen molar-refractivity contribution in [1.82, 2.24) is 15.3 Å². The molecule has 106 valence electrons. The maximum atomic E-state index is 11.3. The highest BCUT2D eigenvalue weighted by atomic mass is 32.1. The Morgan fingerprint density at radius 3 is 2.85 bits per heavy atom. The van der Waals surface area contributed by atoms with E-state index >= 15 is 0 Å². The van der Waals surface area contributed by atoms with E-state index in [1.165, 1.54) is 4.88 Å². The smallest absolute Gasteiger partial charge is 0.266 e. The lowest BCUT2D eigenvalue weighted by molar-refractivity contribution is 0.0953. The van der Waals surface area contributed by atoms with Gasteiger partial charge in [0.2, 0.25) is 0 Å². The largest absolute Gasteiger partial charge is 0.293 e. The molecule has 2 aromatic heterocycles. The van der Waals surface area contributed by atoms with E-state index in [1.807, 2.05) is 6.07 Å². The number of nitrogens with one attached hydrogen (secondary N) is 1. The number of aromatic nitrogens is 1. The number of hydrogen-bond acceptors (Lipinski definition) is 5. The molecule has 1 unspecified atom stereocenters. The van der Waals surface area contributed by atoms with E-state index in [-0.39, 0.29) is 5.91 Å². The second-order valence-electron chi connectivity index (χ2n) is 4.62. The zero-order chi connectivity index (χ0) is 14.5. The molecule has 6 heteroatoms. The van der Waals surface area contributed by atoms with Crippen molar-refractivity contribution in [3.05, 3.63) is 52.0 Å². The van der Waals surface area contributed by atoms with Gasteiger partial charge in [0.05, 0.1) is 11.3 Å². The first kappa shape index (κ1) is 14.6. The van der Waals surface area contributed by atoms with Gasteiger partial charge in [-0.15, -0.1) is 11.3 Å². The highest BCUT2D eigenvalue weighted by Crippen LogP contribution is 2.24. The fourth-order valence-electron chi connectivity index (χ4n) is 1.87. The normalized spacial score (nSPS) is 12.4. The van der Waals surface area contributed by atoms with Gasteiger partial charge in [0, 0.05) is 23.7 Å². The molecule has 0 aliphatic carbocycles. The first-order valence-electron chi connectivity index (χ1n) is 6.31. The molecule has 0 fully saturated rings. The average molecular weight is 290 g/mol. The number of carbonyl (C=O) groups excluding carboxylic acids is 1. The van der Waals surface area contributed by atoms with Crippen molar-refractivity contribution in [2.24, 2.45) is 5.84 Å². The molecule has 0 saturated heterocycles. The van der Waals surface area contributed by atoms with Gasteiger partial charge in [-0.25, -0.2) is 5.84 Å². The summed E-state index contributed by atoms with van der Waals surface area (Å²) in [6, 6.07) is 8.11. The van der Waals surface area contributed by atoms with Crippen LogP contribution in [0.3, 0.4) is 0 Å². The maximum Gasteiger partial charge on any atom is 0.266 e. The Morgan fingerprint density at radius 2 is 2.30 bits per heavy atom. The van der Waals surface area contributed by atoms with Crippen LogP contribution in [0.2, 0.25) is 0 Å². The van der Waals surface area contributed by atoms with Crippen LogP contribution in [0.25, 0.3) is 0 Å². The number of hydrogen-bond donors (Lipinski definition) is 2. The Morgan fingerprint density at radius 1 is 1.50 bits per heavy atom. The zero-order valence-corrected chi connectivity index (χ0v) is 12.4. The molecule has 2 heterocycles. The minimum Gasteiger partial charge on any atom is -0.293 e. The summed E-state index contributed by atoms with van der Waals surface area (Å²) < 4.78 is 0. The molecule has 1 amide bonds. The second-order valence-corrected chi connectivity index (χ2v) is 5.60. The maximum absolute atomic E-state index is 11.3. The van der Waals surface area contributed by atoms with Crippen molar-refractivity contribution in [1.29, 1.82) is 0 Å². The monoisotopic (exact) mass is 290 g/mol. The molecule has 0 aromatic carbocycles. The quantitative estimate of drug-likeness (QED) is 0.501. The molecule has 1 atom stereocenters. The van der Waals surface area contributed by atoms with Gasteiger partial charge < -0.3 is 0 Å². The zero-order valence-electron chi connectivity index (χ0n) is 11.5. The Labute approximate surface area is 122 Å². The summed E-state index contributed by atoms with van der Waals surface area (Å²) >= 11 is 1.75. The summed E-state index contributed by atoms with van der Waals surface area (Å²) in [6.45, 7) is 2.89. The molecule has 3 N–H and O–H groups in total. The van der Waals surface area contributed by atoms with Gasteiger partial charge in [-0.2, -0.15) is 0 Å². The molecule has 20 heavy (non-hydrogen) atoms. The van der Waals surface area contributed by atoms with Crippen LogP contribution in [0, 0.1) is 0 Å². The minimum absolute atomic E-state index is 0.329. The SMILES string of the molecule is CC(c1cccs1)N(C)Cc1ccc(C(=O)NN)cn1. The van der Waals surface area contributed by atoms with Gasteiger partial charge in [0.1, 0.15) is 0 Å². The molecule has 5 nitrogen and oxygen atoms in total. The third-order valence-electron chi connectivity index (χ3n) is 3.25. The number of pyridine rings is 1. The molecule has 2 aromatic rings. The molecular formula is C14H18N4OS. The number of thiophene rings is 1. The van der Waals surface area contributed by atoms with E-state index in [1.54, 1.807) is 23.6 Å². The lowest BCUT2D eigenvalue weighted by Crippen LogP contribution is -2.30. The fourth-order valence-corrected chi connectivity index (χ4v) is 2.72. The molecule has 0 aliphatic rings. The van der Waals surface area contributed by atoms with Crippen LogP contribution >= 0.6 is 11.3 Å². The second kappa shape index (κ2) is 6.60. The molecule has 0 spiro atoms. The van der Waals surface area contributed by atoms with Crippen LogP contribution < -0.4 is 11.3 Å². The average Bonchev–Trinajstić information content (AvgIpc) is 3.00. The van der Waals surface area contributed by atoms with E-state index in [0.717, 1.165) is 12.2 Å². The summed E-state index contributed by atoms with van der Waals surface area (Å²) in [7, 11) is 2.06. The van der Waals surface area contributed by atoms with Crippen LogP contribution in [-0.2, 0) is 6.54 Å². The van der Waals surface area contributed by atoms with Crippen LogP contribution in [0.1, 0.15) is 33.9 Å². The van der Waals surface area contributed by atoms with Crippen molar-refractivity contribution in [3.8, 4) is 0 Å². The van der Waals surface area contributed by atoms with Crippen LogP contribution in [0.15, 0.2) is 35.8 Å². The Kier molecular flexibility index (Phi) is 4.84. The van der Waals surface area contributed by atoms with Gasteiger partial charge in [-0.3, -0.25) is 20.1 Å². The van der Waals surface area contributed by atoms with Gasteiger partial charge >= 0.3 is 0 Å². The van der Waals surface area contributed by atoms with Gasteiger partial charge in [-0.1, -0.05) is 6.07 Å². The minimum atomic E-state index is -0.329. The predicted molar refractivity (Wildman–Crippen MR) is 80.1 cm³/mol. The summed E-state index contributed by atoms with van der Waals surface area (Å²) in [4.78, 5) is 19.2. The summed E-state index contributed by atoms with van der Waals surface area (Å²) in [5, 5.41) is 2.08. The number of carbonyl (C=O) groups is 1. The molecule has 0 radical (unpaired) electrons. The van der Waals surface area contributed by atoms with E-state index in [9.17, 15) is 4.79 Å². The summed E-state index contributed by atoms with van der Waals surface area (Å²) in [5.74, 6) is 4.75. The molecule has 0 bridgehead atoms.